The summed E-state index contributed by atoms with van der Waals surface area (Å²) in [4.78, 5) is 16.6. The second kappa shape index (κ2) is 9.35. The lowest BCUT2D eigenvalue weighted by atomic mass is 9.85. The Bertz CT molecular complexity index is 1350. The van der Waals surface area contributed by atoms with E-state index in [1.54, 1.807) is 7.11 Å². The van der Waals surface area contributed by atoms with Gasteiger partial charge in [-0.25, -0.2) is 4.79 Å². The molecule has 2 aromatic heterocycles. The third-order valence-electron chi connectivity index (χ3n) is 5.72. The van der Waals surface area contributed by atoms with Crippen molar-refractivity contribution in [2.75, 3.05) is 12.4 Å². The zero-order valence-corrected chi connectivity index (χ0v) is 20.8. The number of hydrogen-bond donors (Lipinski definition) is 2. The molecular formula is C26H28ClN3O4. The Morgan fingerprint density at radius 3 is 2.44 bits per heavy atom. The summed E-state index contributed by atoms with van der Waals surface area (Å²) in [7, 11) is 1.58. The Morgan fingerprint density at radius 1 is 1.15 bits per heavy atom. The van der Waals surface area contributed by atoms with Crippen molar-refractivity contribution in [1.82, 2.24) is 10.1 Å². The maximum atomic E-state index is 12.1. The van der Waals surface area contributed by atoms with Gasteiger partial charge in [0.25, 0.3) is 0 Å². The van der Waals surface area contributed by atoms with E-state index in [0.29, 0.717) is 28.1 Å². The van der Waals surface area contributed by atoms with E-state index in [1.807, 2.05) is 50.2 Å². The molecule has 34 heavy (non-hydrogen) atoms. The van der Waals surface area contributed by atoms with Crippen molar-refractivity contribution in [3.05, 3.63) is 65.2 Å². The van der Waals surface area contributed by atoms with Crippen LogP contribution in [0.4, 0.5) is 11.4 Å². The highest BCUT2D eigenvalue weighted by molar-refractivity contribution is 6.07. The number of aromatic carboxylic acids is 1. The van der Waals surface area contributed by atoms with Crippen LogP contribution in [0, 0.1) is 13.8 Å². The van der Waals surface area contributed by atoms with E-state index in [2.05, 4.69) is 36.2 Å². The summed E-state index contributed by atoms with van der Waals surface area (Å²) in [5.41, 5.74) is 5.33. The van der Waals surface area contributed by atoms with E-state index < -0.39 is 5.97 Å². The van der Waals surface area contributed by atoms with Crippen LogP contribution >= 0.6 is 12.4 Å². The van der Waals surface area contributed by atoms with Crippen LogP contribution in [-0.2, 0) is 5.41 Å². The molecule has 0 amide bonds. The number of carbonyl (C=O) groups is 1. The van der Waals surface area contributed by atoms with Crippen LogP contribution in [0.25, 0.3) is 22.0 Å². The van der Waals surface area contributed by atoms with Gasteiger partial charge in [-0.3, -0.25) is 4.98 Å². The second-order valence-electron chi connectivity index (χ2n) is 9.04. The van der Waals surface area contributed by atoms with Crippen LogP contribution in [0.1, 0.15) is 48.1 Å². The topological polar surface area (TPSA) is 97.5 Å². The SMILES string of the molecule is COc1cc2c(Nc3ccccc3C(C)(C)C)c(C(=O)O)cnc2cc1-c1c(C)noc1C.Cl. The maximum Gasteiger partial charge on any atom is 0.339 e. The van der Waals surface area contributed by atoms with Crippen molar-refractivity contribution >= 4 is 40.7 Å². The van der Waals surface area contributed by atoms with E-state index in [4.69, 9.17) is 9.26 Å². The highest BCUT2D eigenvalue weighted by Crippen LogP contribution is 2.41. The summed E-state index contributed by atoms with van der Waals surface area (Å²) in [6, 6.07) is 11.6. The second-order valence-corrected chi connectivity index (χ2v) is 9.04. The quantitative estimate of drug-likeness (QED) is 0.328. The van der Waals surface area contributed by atoms with Gasteiger partial charge in [-0.1, -0.05) is 44.1 Å². The number of aryl methyl sites for hydroxylation is 2. The van der Waals surface area contributed by atoms with Gasteiger partial charge in [-0.15, -0.1) is 12.4 Å². The molecule has 0 saturated heterocycles. The molecule has 4 aromatic rings. The average Bonchev–Trinajstić information content (AvgIpc) is 3.10. The van der Waals surface area contributed by atoms with Gasteiger partial charge in [-0.05, 0) is 43.0 Å². The first-order valence-corrected chi connectivity index (χ1v) is 10.7. The first-order chi connectivity index (χ1) is 15.6. The molecule has 0 atom stereocenters. The number of fused-ring (bicyclic) bond motifs is 1. The molecule has 0 fully saturated rings. The number of ether oxygens (including phenoxy) is 1. The first-order valence-electron chi connectivity index (χ1n) is 10.7. The summed E-state index contributed by atoms with van der Waals surface area (Å²) >= 11 is 0. The summed E-state index contributed by atoms with van der Waals surface area (Å²) < 4.78 is 11.0. The Balaban J connectivity index is 0.00000324. The normalized spacial score (nSPS) is 11.2. The van der Waals surface area contributed by atoms with Crippen molar-refractivity contribution < 1.29 is 19.2 Å². The fourth-order valence-corrected chi connectivity index (χ4v) is 4.13. The molecule has 2 heterocycles. The third-order valence-corrected chi connectivity index (χ3v) is 5.72. The van der Waals surface area contributed by atoms with Gasteiger partial charge in [0.2, 0.25) is 0 Å². The molecule has 4 rings (SSSR count). The Hall–Kier alpha value is -3.58. The van der Waals surface area contributed by atoms with E-state index in [-0.39, 0.29) is 23.4 Å². The van der Waals surface area contributed by atoms with Crippen molar-refractivity contribution in [2.24, 2.45) is 0 Å². The number of halogens is 1. The summed E-state index contributed by atoms with van der Waals surface area (Å²) in [6.07, 6.45) is 1.39. The van der Waals surface area contributed by atoms with Crippen molar-refractivity contribution in [3.8, 4) is 16.9 Å². The number of carboxylic acid groups (broad SMARTS) is 1. The zero-order chi connectivity index (χ0) is 23.9. The fourth-order valence-electron chi connectivity index (χ4n) is 4.13. The number of carboxylic acids is 1. The maximum absolute atomic E-state index is 12.1. The monoisotopic (exact) mass is 481 g/mol. The number of aromatic nitrogens is 2. The predicted molar refractivity (Wildman–Crippen MR) is 136 cm³/mol. The number of rotatable bonds is 5. The predicted octanol–water partition coefficient (Wildman–Crippen LogP) is 6.68. The standard InChI is InChI=1S/C26H27N3O4.ClH/c1-14-23(15(2)33-29-14)17-11-21-16(12-22(17)32-6)24(18(13-27-21)25(30)31)28-20-10-8-7-9-19(20)26(3,4)5;/h7-13H,1-6H3,(H,27,28)(H,30,31);1H. The molecule has 7 nitrogen and oxygen atoms in total. The molecule has 0 aliphatic heterocycles. The molecule has 2 aromatic carbocycles. The van der Waals surface area contributed by atoms with Crippen LogP contribution in [0.15, 0.2) is 47.1 Å². The number of anilines is 2. The smallest absolute Gasteiger partial charge is 0.339 e. The van der Waals surface area contributed by atoms with E-state index in [1.165, 1.54) is 6.20 Å². The highest BCUT2D eigenvalue weighted by Gasteiger charge is 2.23. The molecule has 0 aliphatic rings. The lowest BCUT2D eigenvalue weighted by Crippen LogP contribution is -2.14. The van der Waals surface area contributed by atoms with Crippen molar-refractivity contribution in [1.29, 1.82) is 0 Å². The minimum atomic E-state index is -1.06. The van der Waals surface area contributed by atoms with Crippen LogP contribution < -0.4 is 10.1 Å². The minimum absolute atomic E-state index is 0. The lowest BCUT2D eigenvalue weighted by Gasteiger charge is -2.24. The average molecular weight is 482 g/mol. The molecular weight excluding hydrogens is 454 g/mol. The molecule has 2 N–H and O–H groups in total. The summed E-state index contributed by atoms with van der Waals surface area (Å²) in [6.45, 7) is 10.1. The van der Waals surface area contributed by atoms with Gasteiger partial charge in [-0.2, -0.15) is 0 Å². The van der Waals surface area contributed by atoms with Crippen molar-refractivity contribution in [2.45, 2.75) is 40.0 Å². The van der Waals surface area contributed by atoms with Crippen LogP contribution in [0.2, 0.25) is 0 Å². The number of hydrogen-bond acceptors (Lipinski definition) is 6. The number of nitrogens with zero attached hydrogens (tertiary/aromatic N) is 2. The van der Waals surface area contributed by atoms with E-state index in [0.717, 1.165) is 28.1 Å². The van der Waals surface area contributed by atoms with Gasteiger partial charge in [0.15, 0.2) is 0 Å². The summed E-state index contributed by atoms with van der Waals surface area (Å²) in [5, 5.41) is 18.0. The number of benzene rings is 2. The fraction of sp³-hybridized carbons (Fsp3) is 0.269. The molecule has 178 valence electrons. The van der Waals surface area contributed by atoms with E-state index >= 15 is 0 Å². The number of methoxy groups -OCH3 is 1. The van der Waals surface area contributed by atoms with Gasteiger partial charge in [0.1, 0.15) is 17.1 Å². The number of para-hydroxylation sites is 1. The van der Waals surface area contributed by atoms with Crippen molar-refractivity contribution in [3.63, 3.8) is 0 Å². The molecule has 0 unspecified atom stereocenters. The Kier molecular flexibility index (Phi) is 6.89. The molecule has 0 saturated carbocycles. The van der Waals surface area contributed by atoms with Crippen LogP contribution in [-0.4, -0.2) is 28.3 Å². The third kappa shape index (κ3) is 4.43. The number of pyridine rings is 1. The highest BCUT2D eigenvalue weighted by atomic mass is 35.5. The van der Waals surface area contributed by atoms with Gasteiger partial charge >= 0.3 is 5.97 Å². The largest absolute Gasteiger partial charge is 0.496 e. The lowest BCUT2D eigenvalue weighted by molar-refractivity contribution is 0.0697. The van der Waals surface area contributed by atoms with Crippen LogP contribution in [0.5, 0.6) is 5.75 Å². The Labute approximate surface area is 204 Å². The molecule has 0 bridgehead atoms. The van der Waals surface area contributed by atoms with Gasteiger partial charge in [0, 0.05) is 22.8 Å². The van der Waals surface area contributed by atoms with Gasteiger partial charge < -0.3 is 19.7 Å². The van der Waals surface area contributed by atoms with E-state index in [9.17, 15) is 9.90 Å². The minimum Gasteiger partial charge on any atom is -0.496 e. The zero-order valence-electron chi connectivity index (χ0n) is 20.0. The first kappa shape index (κ1) is 25.1. The Morgan fingerprint density at radius 2 is 1.85 bits per heavy atom. The molecule has 0 spiro atoms. The molecule has 8 heteroatoms. The summed E-state index contributed by atoms with van der Waals surface area (Å²) in [5.74, 6) is 0.187. The number of nitrogens with one attached hydrogen (secondary N) is 1. The molecule has 0 radical (unpaired) electrons. The van der Waals surface area contributed by atoms with Crippen LogP contribution in [0.3, 0.4) is 0 Å². The van der Waals surface area contributed by atoms with Gasteiger partial charge in [0.05, 0.1) is 29.6 Å². The molecule has 0 aliphatic carbocycles.